The number of nitrogens with one attached hydrogen (secondary N) is 1. The molecule has 0 aliphatic heterocycles. The summed E-state index contributed by atoms with van der Waals surface area (Å²) in [5, 5.41) is 2.64. The molecule has 0 saturated heterocycles. The Kier molecular flexibility index (Phi) is 4.73. The second-order valence-corrected chi connectivity index (χ2v) is 4.55. The Morgan fingerprint density at radius 3 is 2.88 bits per heavy atom. The van der Waals surface area contributed by atoms with E-state index in [1.165, 1.54) is 18.2 Å². The first-order valence-corrected chi connectivity index (χ1v) is 5.83. The zero-order chi connectivity index (χ0) is 12.1. The number of alkyl halides is 1. The van der Waals surface area contributed by atoms with Crippen molar-refractivity contribution in [3.05, 3.63) is 24.0 Å². The number of rotatable bonds is 4. The van der Waals surface area contributed by atoms with Crippen molar-refractivity contribution in [2.45, 2.75) is 18.7 Å². The van der Waals surface area contributed by atoms with Gasteiger partial charge in [0.25, 0.3) is 0 Å². The number of hydrogen-bond donors (Lipinski definition) is 1. The Morgan fingerprint density at radius 2 is 2.31 bits per heavy atom. The van der Waals surface area contributed by atoms with E-state index in [1.54, 1.807) is 13.8 Å². The number of anilines is 1. The molecule has 0 aliphatic rings. The van der Waals surface area contributed by atoms with Gasteiger partial charge < -0.3 is 10.1 Å². The van der Waals surface area contributed by atoms with Crippen molar-refractivity contribution >= 4 is 27.5 Å². The summed E-state index contributed by atoms with van der Waals surface area (Å²) in [6.45, 7) is 3.92. The molecule has 1 N–H and O–H groups in total. The van der Waals surface area contributed by atoms with Gasteiger partial charge in [-0.25, -0.2) is 4.39 Å². The minimum atomic E-state index is -0.395. The molecule has 0 bridgehead atoms. The van der Waals surface area contributed by atoms with E-state index < -0.39 is 5.82 Å². The standard InChI is InChI=1S/C11H13BrFNO2/c1-3-16-10-6-8(13)4-5-9(10)14-11(15)7(2)12/h4-7H,3H2,1-2H3,(H,14,15). The molecule has 0 fully saturated rings. The van der Waals surface area contributed by atoms with Gasteiger partial charge >= 0.3 is 0 Å². The van der Waals surface area contributed by atoms with Gasteiger partial charge in [0.1, 0.15) is 11.6 Å². The average molecular weight is 290 g/mol. The van der Waals surface area contributed by atoms with Crippen LogP contribution in [0.2, 0.25) is 0 Å². The van der Waals surface area contributed by atoms with Crippen LogP contribution >= 0.6 is 15.9 Å². The van der Waals surface area contributed by atoms with Crippen molar-refractivity contribution in [1.29, 1.82) is 0 Å². The molecular formula is C11H13BrFNO2. The molecule has 1 amide bonds. The van der Waals surface area contributed by atoms with E-state index in [-0.39, 0.29) is 10.7 Å². The van der Waals surface area contributed by atoms with Gasteiger partial charge in [-0.2, -0.15) is 0 Å². The summed E-state index contributed by atoms with van der Waals surface area (Å²) in [6.07, 6.45) is 0. The topological polar surface area (TPSA) is 38.3 Å². The van der Waals surface area contributed by atoms with Gasteiger partial charge in [-0.3, -0.25) is 4.79 Å². The Morgan fingerprint density at radius 1 is 1.62 bits per heavy atom. The maximum atomic E-state index is 13.0. The van der Waals surface area contributed by atoms with Crippen LogP contribution in [0.3, 0.4) is 0 Å². The van der Waals surface area contributed by atoms with Crippen LogP contribution < -0.4 is 10.1 Å². The fraction of sp³-hybridized carbons (Fsp3) is 0.364. The van der Waals surface area contributed by atoms with Crippen LogP contribution in [-0.4, -0.2) is 17.3 Å². The zero-order valence-electron chi connectivity index (χ0n) is 9.09. The van der Waals surface area contributed by atoms with Gasteiger partial charge in [-0.15, -0.1) is 0 Å². The van der Waals surface area contributed by atoms with Crippen LogP contribution in [0.5, 0.6) is 5.75 Å². The molecule has 16 heavy (non-hydrogen) atoms. The van der Waals surface area contributed by atoms with E-state index >= 15 is 0 Å². The van der Waals surface area contributed by atoms with Crippen LogP contribution in [0.4, 0.5) is 10.1 Å². The Bertz CT molecular complexity index is 382. The molecule has 0 radical (unpaired) electrons. The molecule has 0 aromatic heterocycles. The minimum absolute atomic E-state index is 0.201. The van der Waals surface area contributed by atoms with Gasteiger partial charge in [0.2, 0.25) is 5.91 Å². The van der Waals surface area contributed by atoms with E-state index in [0.717, 1.165) is 0 Å². The number of carbonyl (C=O) groups excluding carboxylic acids is 1. The quantitative estimate of drug-likeness (QED) is 0.866. The fourth-order valence-electron chi connectivity index (χ4n) is 1.11. The first-order chi connectivity index (χ1) is 7.54. The second-order valence-electron chi connectivity index (χ2n) is 3.18. The van der Waals surface area contributed by atoms with Crippen molar-refractivity contribution in [3.8, 4) is 5.75 Å². The molecule has 0 aliphatic carbocycles. The lowest BCUT2D eigenvalue weighted by Crippen LogP contribution is -2.20. The summed E-state index contributed by atoms with van der Waals surface area (Å²) in [6, 6.07) is 4.00. The van der Waals surface area contributed by atoms with Gasteiger partial charge in [0.15, 0.2) is 0 Å². The smallest absolute Gasteiger partial charge is 0.237 e. The fourth-order valence-corrected chi connectivity index (χ4v) is 1.22. The third kappa shape index (κ3) is 3.48. The maximum absolute atomic E-state index is 13.0. The lowest BCUT2D eigenvalue weighted by Gasteiger charge is -2.12. The normalized spacial score (nSPS) is 12.0. The van der Waals surface area contributed by atoms with E-state index in [9.17, 15) is 9.18 Å². The highest BCUT2D eigenvalue weighted by molar-refractivity contribution is 9.10. The van der Waals surface area contributed by atoms with E-state index in [2.05, 4.69) is 21.2 Å². The monoisotopic (exact) mass is 289 g/mol. The van der Waals surface area contributed by atoms with Crippen LogP contribution in [0, 0.1) is 5.82 Å². The summed E-state index contributed by atoms with van der Waals surface area (Å²) < 4.78 is 18.2. The van der Waals surface area contributed by atoms with E-state index in [4.69, 9.17) is 4.74 Å². The number of benzene rings is 1. The van der Waals surface area contributed by atoms with Crippen LogP contribution in [0.1, 0.15) is 13.8 Å². The SMILES string of the molecule is CCOc1cc(F)ccc1NC(=O)C(C)Br. The van der Waals surface area contributed by atoms with Gasteiger partial charge in [-0.1, -0.05) is 15.9 Å². The number of hydrogen-bond acceptors (Lipinski definition) is 2. The molecule has 5 heteroatoms. The first-order valence-electron chi connectivity index (χ1n) is 4.92. The number of amides is 1. The molecule has 1 aromatic rings. The van der Waals surface area contributed by atoms with E-state index in [0.29, 0.717) is 18.0 Å². The Balaban J connectivity index is 2.90. The summed E-state index contributed by atoms with van der Waals surface area (Å²) >= 11 is 3.15. The first kappa shape index (κ1) is 13.0. The molecule has 1 atom stereocenters. The predicted molar refractivity (Wildman–Crippen MR) is 64.6 cm³/mol. The number of ether oxygens (including phenoxy) is 1. The molecule has 3 nitrogen and oxygen atoms in total. The highest BCUT2D eigenvalue weighted by atomic mass is 79.9. The van der Waals surface area contributed by atoms with E-state index in [1.807, 2.05) is 0 Å². The Hall–Kier alpha value is -1.10. The van der Waals surface area contributed by atoms with Crippen molar-refractivity contribution in [3.63, 3.8) is 0 Å². The molecule has 0 saturated carbocycles. The maximum Gasteiger partial charge on any atom is 0.237 e. The molecule has 1 unspecified atom stereocenters. The molecular weight excluding hydrogens is 277 g/mol. The minimum Gasteiger partial charge on any atom is -0.492 e. The molecule has 0 heterocycles. The van der Waals surface area contributed by atoms with Crippen molar-refractivity contribution in [1.82, 2.24) is 0 Å². The zero-order valence-corrected chi connectivity index (χ0v) is 10.7. The summed E-state index contributed by atoms with van der Waals surface area (Å²) in [5.41, 5.74) is 0.472. The second kappa shape index (κ2) is 5.84. The lowest BCUT2D eigenvalue weighted by molar-refractivity contribution is -0.115. The lowest BCUT2D eigenvalue weighted by atomic mass is 10.2. The highest BCUT2D eigenvalue weighted by Crippen LogP contribution is 2.25. The van der Waals surface area contributed by atoms with Gasteiger partial charge in [-0.05, 0) is 26.0 Å². The third-order valence-electron chi connectivity index (χ3n) is 1.86. The molecule has 88 valence electrons. The largest absolute Gasteiger partial charge is 0.492 e. The van der Waals surface area contributed by atoms with Crippen LogP contribution in [0.25, 0.3) is 0 Å². The average Bonchev–Trinajstić information content (AvgIpc) is 2.22. The molecule has 1 rings (SSSR count). The van der Waals surface area contributed by atoms with Gasteiger partial charge in [0.05, 0.1) is 17.1 Å². The number of carbonyl (C=O) groups is 1. The Labute approximate surface area is 102 Å². The van der Waals surface area contributed by atoms with Crippen molar-refractivity contribution in [2.24, 2.45) is 0 Å². The molecule has 0 spiro atoms. The summed E-state index contributed by atoms with van der Waals surface area (Å²) in [4.78, 5) is 11.1. The van der Waals surface area contributed by atoms with Crippen LogP contribution in [0.15, 0.2) is 18.2 Å². The van der Waals surface area contributed by atoms with Crippen molar-refractivity contribution in [2.75, 3.05) is 11.9 Å². The predicted octanol–water partition coefficient (Wildman–Crippen LogP) is 2.95. The van der Waals surface area contributed by atoms with Crippen LogP contribution in [-0.2, 0) is 4.79 Å². The number of halogens is 2. The summed E-state index contributed by atoms with van der Waals surface area (Å²) in [7, 11) is 0. The van der Waals surface area contributed by atoms with Crippen molar-refractivity contribution < 1.29 is 13.9 Å². The van der Waals surface area contributed by atoms with Gasteiger partial charge in [0, 0.05) is 6.07 Å². The molecule has 1 aromatic carbocycles. The third-order valence-corrected chi connectivity index (χ3v) is 2.28. The summed E-state index contributed by atoms with van der Waals surface area (Å²) in [5.74, 6) is -0.259. The highest BCUT2D eigenvalue weighted by Gasteiger charge is 2.12.